The molecule has 0 radical (unpaired) electrons. The van der Waals surface area contributed by atoms with Gasteiger partial charge in [-0.1, -0.05) is 18.2 Å². The number of ether oxygens (including phenoxy) is 2. The third-order valence-corrected chi connectivity index (χ3v) is 4.61. The number of rotatable bonds is 4. The van der Waals surface area contributed by atoms with Gasteiger partial charge in [-0.15, -0.1) is 0 Å². The van der Waals surface area contributed by atoms with E-state index in [1.807, 2.05) is 12.3 Å². The number of nitrogens with zero attached hydrogens (tertiary/aromatic N) is 1. The van der Waals surface area contributed by atoms with Crippen molar-refractivity contribution in [3.05, 3.63) is 47.7 Å². The minimum Gasteiger partial charge on any atom is -0.376 e. The molecule has 0 amide bonds. The van der Waals surface area contributed by atoms with E-state index in [9.17, 15) is 0 Å². The zero-order chi connectivity index (χ0) is 15.5. The van der Waals surface area contributed by atoms with Gasteiger partial charge in [0, 0.05) is 24.9 Å². The van der Waals surface area contributed by atoms with Gasteiger partial charge in [-0.2, -0.15) is 0 Å². The van der Waals surface area contributed by atoms with Crippen LogP contribution in [0.1, 0.15) is 24.0 Å². The molecular weight excluding hydrogens is 288 g/mol. The predicted molar refractivity (Wildman–Crippen MR) is 90.5 cm³/mol. The normalized spacial score (nSPS) is 20.3. The number of hydrogen-bond acceptors (Lipinski definition) is 4. The molecule has 1 saturated heterocycles. The summed E-state index contributed by atoms with van der Waals surface area (Å²) < 4.78 is 11.1. The van der Waals surface area contributed by atoms with E-state index < -0.39 is 0 Å². The molecule has 120 valence electrons. The Bertz CT molecular complexity index is 664. The maximum absolute atomic E-state index is 5.62. The highest BCUT2D eigenvalue weighted by Crippen LogP contribution is 2.25. The predicted octanol–water partition coefficient (Wildman–Crippen LogP) is 3.41. The summed E-state index contributed by atoms with van der Waals surface area (Å²) >= 11 is 0. The van der Waals surface area contributed by atoms with Gasteiger partial charge in [0.05, 0.1) is 19.3 Å². The van der Waals surface area contributed by atoms with Gasteiger partial charge in [0.25, 0.3) is 0 Å². The molecule has 3 heterocycles. The molecular formula is C19H22N2O2. The van der Waals surface area contributed by atoms with Crippen molar-refractivity contribution in [1.29, 1.82) is 0 Å². The van der Waals surface area contributed by atoms with E-state index >= 15 is 0 Å². The fourth-order valence-corrected chi connectivity index (χ4v) is 3.24. The number of nitrogens with one attached hydrogen (secondary N) is 1. The summed E-state index contributed by atoms with van der Waals surface area (Å²) in [6.07, 6.45) is 5.59. The van der Waals surface area contributed by atoms with Crippen LogP contribution in [-0.4, -0.2) is 30.8 Å². The lowest BCUT2D eigenvalue weighted by Gasteiger charge is -2.17. The van der Waals surface area contributed by atoms with Crippen LogP contribution in [-0.2, 0) is 22.5 Å². The fraction of sp³-hybridized carbons (Fsp3) is 0.421. The van der Waals surface area contributed by atoms with Gasteiger partial charge in [0.15, 0.2) is 0 Å². The zero-order valence-electron chi connectivity index (χ0n) is 13.3. The summed E-state index contributed by atoms with van der Waals surface area (Å²) in [4.78, 5) is 4.54. The summed E-state index contributed by atoms with van der Waals surface area (Å²) in [6.45, 7) is 3.29. The van der Waals surface area contributed by atoms with Crippen molar-refractivity contribution in [2.45, 2.75) is 32.0 Å². The standard InChI is InChI=1S/C19H22N2O2/c1-2-18(23-8-1)12-21-19-6-5-16(11-20-19)14-3-4-17-13-22-9-7-15(17)10-14/h3-6,10-11,18H,1-2,7-9,12-13H2,(H,20,21). The van der Waals surface area contributed by atoms with Crippen molar-refractivity contribution in [3.8, 4) is 11.1 Å². The first-order valence-corrected chi connectivity index (χ1v) is 8.40. The number of benzene rings is 1. The molecule has 1 unspecified atom stereocenters. The third-order valence-electron chi connectivity index (χ3n) is 4.61. The van der Waals surface area contributed by atoms with Crippen LogP contribution in [0.5, 0.6) is 0 Å². The zero-order valence-corrected chi connectivity index (χ0v) is 13.3. The highest BCUT2D eigenvalue weighted by molar-refractivity contribution is 5.65. The average Bonchev–Trinajstić information content (AvgIpc) is 3.14. The molecule has 4 nitrogen and oxygen atoms in total. The molecule has 0 spiro atoms. The second-order valence-corrected chi connectivity index (χ2v) is 6.23. The van der Waals surface area contributed by atoms with Gasteiger partial charge in [-0.05, 0) is 48.1 Å². The van der Waals surface area contributed by atoms with Crippen LogP contribution in [0, 0.1) is 0 Å². The lowest BCUT2D eigenvalue weighted by Crippen LogP contribution is -2.18. The second kappa shape index (κ2) is 6.69. The van der Waals surface area contributed by atoms with Crippen LogP contribution in [0.2, 0.25) is 0 Å². The lowest BCUT2D eigenvalue weighted by atomic mass is 9.97. The summed E-state index contributed by atoms with van der Waals surface area (Å²) in [5, 5.41) is 3.36. The Morgan fingerprint density at radius 2 is 2.04 bits per heavy atom. The van der Waals surface area contributed by atoms with Crippen LogP contribution in [0.3, 0.4) is 0 Å². The highest BCUT2D eigenvalue weighted by atomic mass is 16.5. The van der Waals surface area contributed by atoms with E-state index in [0.717, 1.165) is 50.6 Å². The van der Waals surface area contributed by atoms with Gasteiger partial charge in [0.2, 0.25) is 0 Å². The Balaban J connectivity index is 1.45. The van der Waals surface area contributed by atoms with E-state index in [4.69, 9.17) is 9.47 Å². The van der Waals surface area contributed by atoms with Crippen molar-refractivity contribution in [3.63, 3.8) is 0 Å². The molecule has 1 aromatic heterocycles. The number of aromatic nitrogens is 1. The first-order valence-electron chi connectivity index (χ1n) is 8.40. The maximum Gasteiger partial charge on any atom is 0.126 e. The second-order valence-electron chi connectivity index (χ2n) is 6.23. The lowest BCUT2D eigenvalue weighted by molar-refractivity contribution is 0.111. The summed E-state index contributed by atoms with van der Waals surface area (Å²) in [5.41, 5.74) is 5.09. The first-order chi connectivity index (χ1) is 11.4. The molecule has 0 bridgehead atoms. The molecule has 0 aliphatic carbocycles. The van der Waals surface area contributed by atoms with Crippen molar-refractivity contribution in [2.24, 2.45) is 0 Å². The number of hydrogen-bond donors (Lipinski definition) is 1. The first kappa shape index (κ1) is 14.7. The smallest absolute Gasteiger partial charge is 0.126 e. The van der Waals surface area contributed by atoms with E-state index in [0.29, 0.717) is 6.10 Å². The Morgan fingerprint density at radius 3 is 2.87 bits per heavy atom. The average molecular weight is 310 g/mol. The molecule has 1 N–H and O–H groups in total. The van der Waals surface area contributed by atoms with Crippen LogP contribution >= 0.6 is 0 Å². The minimum absolute atomic E-state index is 0.333. The highest BCUT2D eigenvalue weighted by Gasteiger charge is 2.15. The van der Waals surface area contributed by atoms with E-state index in [2.05, 4.69) is 34.6 Å². The van der Waals surface area contributed by atoms with E-state index in [1.165, 1.54) is 23.1 Å². The Morgan fingerprint density at radius 1 is 1.09 bits per heavy atom. The fourth-order valence-electron chi connectivity index (χ4n) is 3.24. The Hall–Kier alpha value is -1.91. The van der Waals surface area contributed by atoms with Gasteiger partial charge >= 0.3 is 0 Å². The molecule has 1 aromatic carbocycles. The van der Waals surface area contributed by atoms with Gasteiger partial charge < -0.3 is 14.8 Å². The molecule has 2 aromatic rings. The van der Waals surface area contributed by atoms with Crippen molar-refractivity contribution in [2.75, 3.05) is 25.1 Å². The monoisotopic (exact) mass is 310 g/mol. The maximum atomic E-state index is 5.62. The van der Waals surface area contributed by atoms with Crippen LogP contribution < -0.4 is 5.32 Å². The quantitative estimate of drug-likeness (QED) is 0.940. The largest absolute Gasteiger partial charge is 0.376 e. The topological polar surface area (TPSA) is 43.4 Å². The number of anilines is 1. The molecule has 4 rings (SSSR count). The van der Waals surface area contributed by atoms with Crippen molar-refractivity contribution >= 4 is 5.82 Å². The molecule has 2 aliphatic heterocycles. The molecule has 1 fully saturated rings. The van der Waals surface area contributed by atoms with Gasteiger partial charge in [-0.25, -0.2) is 4.98 Å². The third kappa shape index (κ3) is 3.38. The number of pyridine rings is 1. The minimum atomic E-state index is 0.333. The molecule has 0 saturated carbocycles. The van der Waals surface area contributed by atoms with Crippen LogP contribution in [0.25, 0.3) is 11.1 Å². The van der Waals surface area contributed by atoms with E-state index in [1.54, 1.807) is 0 Å². The molecule has 23 heavy (non-hydrogen) atoms. The molecule has 2 aliphatic rings. The van der Waals surface area contributed by atoms with Crippen molar-refractivity contribution < 1.29 is 9.47 Å². The van der Waals surface area contributed by atoms with Gasteiger partial charge in [0.1, 0.15) is 5.82 Å². The Labute approximate surface area is 136 Å². The number of fused-ring (bicyclic) bond motifs is 1. The summed E-state index contributed by atoms with van der Waals surface area (Å²) in [6, 6.07) is 10.8. The van der Waals surface area contributed by atoms with Gasteiger partial charge in [-0.3, -0.25) is 0 Å². The molecule has 4 heteroatoms. The SMILES string of the molecule is c1cc(NCC2CCCO2)ncc1-c1ccc2c(c1)CCOC2. The Kier molecular flexibility index (Phi) is 4.26. The van der Waals surface area contributed by atoms with Crippen molar-refractivity contribution in [1.82, 2.24) is 4.98 Å². The molecule has 1 atom stereocenters. The van der Waals surface area contributed by atoms with Crippen LogP contribution in [0.15, 0.2) is 36.5 Å². The summed E-state index contributed by atoms with van der Waals surface area (Å²) in [5.74, 6) is 0.913. The van der Waals surface area contributed by atoms with E-state index in [-0.39, 0.29) is 0 Å². The summed E-state index contributed by atoms with van der Waals surface area (Å²) in [7, 11) is 0. The van der Waals surface area contributed by atoms with Crippen LogP contribution in [0.4, 0.5) is 5.82 Å².